The molecule has 13 heavy (non-hydrogen) atoms. The van der Waals surface area contributed by atoms with E-state index >= 15 is 0 Å². The van der Waals surface area contributed by atoms with Crippen LogP contribution in [0.2, 0.25) is 0 Å². The fraction of sp³-hybridized carbons (Fsp3) is 0.444. The smallest absolute Gasteiger partial charge is 0.243 e. The van der Waals surface area contributed by atoms with Crippen LogP contribution in [0.1, 0.15) is 0 Å². The van der Waals surface area contributed by atoms with Crippen molar-refractivity contribution in [2.45, 2.75) is 6.67 Å². The van der Waals surface area contributed by atoms with Crippen molar-refractivity contribution in [3.8, 4) is 0 Å². The second kappa shape index (κ2) is 2.88. The SMILES string of the molecule is C[N+]1(C)C=CN(C[n+]2cc[nH]c2)C1. The van der Waals surface area contributed by atoms with E-state index in [9.17, 15) is 0 Å². The molecule has 70 valence electrons. The Morgan fingerprint density at radius 3 is 2.92 bits per heavy atom. The van der Waals surface area contributed by atoms with Crippen molar-refractivity contribution in [3.05, 3.63) is 31.1 Å². The number of aromatic amines is 1. The molecule has 4 heteroatoms. The van der Waals surface area contributed by atoms with E-state index in [1.54, 1.807) is 0 Å². The highest BCUT2D eigenvalue weighted by atomic mass is 15.5. The summed E-state index contributed by atoms with van der Waals surface area (Å²) < 4.78 is 3.06. The molecule has 4 nitrogen and oxygen atoms in total. The van der Waals surface area contributed by atoms with Crippen molar-refractivity contribution in [2.24, 2.45) is 0 Å². The summed E-state index contributed by atoms with van der Waals surface area (Å²) in [6.45, 7) is 1.96. The molecule has 0 fully saturated rings. The molecule has 1 aromatic heterocycles. The quantitative estimate of drug-likeness (QED) is 0.505. The molecule has 1 aliphatic rings. The molecule has 0 spiro atoms. The zero-order chi connectivity index (χ0) is 9.31. The molecule has 0 unspecified atom stereocenters. The Bertz CT molecular complexity index is 299. The number of imidazole rings is 1. The minimum Gasteiger partial charge on any atom is -0.289 e. The van der Waals surface area contributed by atoms with Gasteiger partial charge >= 0.3 is 0 Å². The molecule has 0 atom stereocenters. The van der Waals surface area contributed by atoms with Gasteiger partial charge in [0.1, 0.15) is 18.6 Å². The maximum atomic E-state index is 3.03. The third-order valence-corrected chi connectivity index (χ3v) is 2.17. The van der Waals surface area contributed by atoms with Crippen LogP contribution >= 0.6 is 0 Å². The van der Waals surface area contributed by atoms with Gasteiger partial charge in [-0.3, -0.25) is 14.4 Å². The lowest BCUT2D eigenvalue weighted by Crippen LogP contribution is -2.44. The predicted molar refractivity (Wildman–Crippen MR) is 48.9 cm³/mol. The van der Waals surface area contributed by atoms with E-state index in [4.69, 9.17) is 0 Å². The van der Waals surface area contributed by atoms with E-state index in [-0.39, 0.29) is 0 Å². The number of quaternary nitrogens is 1. The van der Waals surface area contributed by atoms with E-state index < -0.39 is 0 Å². The third-order valence-electron chi connectivity index (χ3n) is 2.17. The summed E-state index contributed by atoms with van der Waals surface area (Å²) in [6, 6.07) is 0. The molecule has 0 aromatic carbocycles. The maximum Gasteiger partial charge on any atom is 0.243 e. The second-order valence-corrected chi connectivity index (χ2v) is 4.07. The van der Waals surface area contributed by atoms with Gasteiger partial charge in [-0.2, -0.15) is 0 Å². The van der Waals surface area contributed by atoms with Crippen molar-refractivity contribution >= 4 is 0 Å². The number of nitrogens with zero attached hydrogens (tertiary/aromatic N) is 3. The number of hydrogen-bond donors (Lipinski definition) is 1. The first-order chi connectivity index (χ1) is 6.16. The largest absolute Gasteiger partial charge is 0.289 e. The predicted octanol–water partition coefficient (Wildman–Crippen LogP) is 0.0804. The molecule has 0 aliphatic carbocycles. The Morgan fingerprint density at radius 2 is 2.38 bits per heavy atom. The van der Waals surface area contributed by atoms with Gasteiger partial charge in [0.25, 0.3) is 0 Å². The summed E-state index contributed by atoms with van der Waals surface area (Å²) in [4.78, 5) is 5.32. The van der Waals surface area contributed by atoms with Gasteiger partial charge in [0.15, 0.2) is 13.3 Å². The summed E-state index contributed by atoms with van der Waals surface area (Å²) in [5.74, 6) is 0. The van der Waals surface area contributed by atoms with Gasteiger partial charge < -0.3 is 0 Å². The minimum atomic E-state index is 0.918. The Labute approximate surface area is 78.3 Å². The second-order valence-electron chi connectivity index (χ2n) is 4.07. The number of rotatable bonds is 2. The first kappa shape index (κ1) is 8.31. The fourth-order valence-electron chi connectivity index (χ4n) is 1.55. The van der Waals surface area contributed by atoms with Crippen LogP contribution in [0.3, 0.4) is 0 Å². The van der Waals surface area contributed by atoms with Crippen LogP contribution in [-0.2, 0) is 6.67 Å². The van der Waals surface area contributed by atoms with Gasteiger partial charge in [-0.15, -0.1) is 0 Å². The Balaban J connectivity index is 1.96. The fourth-order valence-corrected chi connectivity index (χ4v) is 1.55. The zero-order valence-electron chi connectivity index (χ0n) is 8.14. The summed E-state index contributed by atoms with van der Waals surface area (Å²) in [5, 5.41) is 0. The Morgan fingerprint density at radius 1 is 1.54 bits per heavy atom. The number of H-pyrrole nitrogens is 1. The standard InChI is InChI=1S/C9H15N4/c1-13(2)6-5-12(9-13)8-11-4-3-10-7-11/h3-7H,8-9H2,1-2H3/q+1/p+1. The van der Waals surface area contributed by atoms with Crippen molar-refractivity contribution in [3.63, 3.8) is 0 Å². The highest BCUT2D eigenvalue weighted by Crippen LogP contribution is 2.10. The number of aromatic nitrogens is 2. The van der Waals surface area contributed by atoms with Crippen molar-refractivity contribution in [1.29, 1.82) is 0 Å². The molecule has 2 heterocycles. The highest BCUT2D eigenvalue weighted by Gasteiger charge is 2.22. The molecule has 2 rings (SSSR count). The lowest BCUT2D eigenvalue weighted by Gasteiger charge is -2.22. The van der Waals surface area contributed by atoms with Crippen LogP contribution in [0, 0.1) is 0 Å². The molecule has 1 aromatic rings. The minimum absolute atomic E-state index is 0.918. The molecule has 0 saturated heterocycles. The number of hydrogen-bond acceptors (Lipinski definition) is 1. The van der Waals surface area contributed by atoms with Crippen LogP contribution in [-0.4, -0.2) is 35.1 Å². The van der Waals surface area contributed by atoms with Crippen molar-refractivity contribution < 1.29 is 9.05 Å². The van der Waals surface area contributed by atoms with Gasteiger partial charge in [-0.1, -0.05) is 0 Å². The molecule has 0 bridgehead atoms. The van der Waals surface area contributed by atoms with Gasteiger partial charge in [0, 0.05) is 0 Å². The monoisotopic (exact) mass is 180 g/mol. The van der Waals surface area contributed by atoms with Crippen LogP contribution in [0.15, 0.2) is 31.1 Å². The maximum absolute atomic E-state index is 3.03. The molecular weight excluding hydrogens is 164 g/mol. The third kappa shape index (κ3) is 1.89. The average Bonchev–Trinajstić information content (AvgIpc) is 2.61. The normalized spacial score (nSPS) is 19.7. The summed E-state index contributed by atoms with van der Waals surface area (Å²) in [5.41, 5.74) is 0. The first-order valence-electron chi connectivity index (χ1n) is 4.44. The van der Waals surface area contributed by atoms with Crippen LogP contribution in [0.5, 0.6) is 0 Å². The Kier molecular flexibility index (Phi) is 1.84. The highest BCUT2D eigenvalue weighted by molar-refractivity contribution is 4.77. The van der Waals surface area contributed by atoms with Crippen molar-refractivity contribution in [1.82, 2.24) is 9.88 Å². The van der Waals surface area contributed by atoms with E-state index in [0.717, 1.165) is 17.8 Å². The van der Waals surface area contributed by atoms with Crippen molar-refractivity contribution in [2.75, 3.05) is 20.8 Å². The van der Waals surface area contributed by atoms with Gasteiger partial charge in [-0.25, -0.2) is 4.57 Å². The summed E-state index contributed by atoms with van der Waals surface area (Å²) >= 11 is 0. The molecule has 1 aliphatic heterocycles. The van der Waals surface area contributed by atoms with Crippen LogP contribution < -0.4 is 4.57 Å². The first-order valence-corrected chi connectivity index (χ1v) is 4.44. The van der Waals surface area contributed by atoms with Crippen LogP contribution in [0.4, 0.5) is 0 Å². The van der Waals surface area contributed by atoms with Gasteiger partial charge in [0.2, 0.25) is 6.33 Å². The Hall–Kier alpha value is -1.29. The molecule has 0 amide bonds. The van der Waals surface area contributed by atoms with Gasteiger partial charge in [0.05, 0.1) is 20.3 Å². The lowest BCUT2D eigenvalue weighted by molar-refractivity contribution is -0.847. The van der Waals surface area contributed by atoms with E-state index in [0.29, 0.717) is 0 Å². The summed E-state index contributed by atoms with van der Waals surface area (Å²) in [7, 11) is 4.39. The molecule has 1 N–H and O–H groups in total. The van der Waals surface area contributed by atoms with E-state index in [1.807, 2.05) is 18.7 Å². The topological polar surface area (TPSA) is 22.9 Å². The molecule has 0 radical (unpaired) electrons. The lowest BCUT2D eigenvalue weighted by atomic mass is 10.7. The zero-order valence-corrected chi connectivity index (χ0v) is 8.14. The summed E-state index contributed by atoms with van der Waals surface area (Å²) in [6.07, 6.45) is 10.3. The van der Waals surface area contributed by atoms with E-state index in [2.05, 4.69) is 40.9 Å². The number of nitrogens with one attached hydrogen (secondary N) is 1. The average molecular weight is 180 g/mol. The van der Waals surface area contributed by atoms with Crippen LogP contribution in [0.25, 0.3) is 0 Å². The van der Waals surface area contributed by atoms with Gasteiger partial charge in [-0.05, 0) is 0 Å². The molecular formula is C9H16N4+2. The molecule has 0 saturated carbocycles. The van der Waals surface area contributed by atoms with E-state index in [1.165, 1.54) is 0 Å².